The van der Waals surface area contributed by atoms with Crippen LogP contribution in [0.4, 0.5) is 5.69 Å². The van der Waals surface area contributed by atoms with Crippen molar-refractivity contribution < 1.29 is 9.53 Å². The lowest BCUT2D eigenvalue weighted by Gasteiger charge is -2.23. The van der Waals surface area contributed by atoms with Gasteiger partial charge in [0.15, 0.2) is 4.87 Å². The molecule has 0 spiro atoms. The number of hydrogen-bond donors (Lipinski definition) is 1. The van der Waals surface area contributed by atoms with Crippen LogP contribution in [0, 0.1) is 6.92 Å². The van der Waals surface area contributed by atoms with Crippen LogP contribution in [0.15, 0.2) is 36.4 Å². The number of fused-ring (bicyclic) bond motifs is 1. The van der Waals surface area contributed by atoms with Crippen molar-refractivity contribution in [3.05, 3.63) is 58.1 Å². The van der Waals surface area contributed by atoms with Crippen molar-refractivity contribution in [3.63, 3.8) is 0 Å². The average molecular weight is 322 g/mol. The number of benzene rings is 2. The lowest BCUT2D eigenvalue weighted by Crippen LogP contribution is -2.30. The lowest BCUT2D eigenvalue weighted by molar-refractivity contribution is -0.117. The summed E-state index contributed by atoms with van der Waals surface area (Å²) in [5.74, 6) is 0.226. The predicted octanol–water partition coefficient (Wildman–Crippen LogP) is 4.09. The minimum absolute atomic E-state index is 0.323. The summed E-state index contributed by atoms with van der Waals surface area (Å²) in [5.41, 5.74) is 2.67. The predicted molar refractivity (Wildman–Crippen MR) is 84.4 cm³/mol. The van der Waals surface area contributed by atoms with Crippen molar-refractivity contribution in [1.82, 2.24) is 0 Å². The van der Waals surface area contributed by atoms with E-state index >= 15 is 0 Å². The summed E-state index contributed by atoms with van der Waals surface area (Å²) in [4.78, 5) is 11.1. The molecule has 0 bridgehead atoms. The van der Waals surface area contributed by atoms with Crippen LogP contribution in [0.25, 0.3) is 0 Å². The molecule has 0 saturated carbocycles. The van der Waals surface area contributed by atoms with Gasteiger partial charge in [-0.15, -0.1) is 0 Å². The van der Waals surface area contributed by atoms with E-state index in [1.54, 1.807) is 19.2 Å². The second-order valence-corrected chi connectivity index (χ2v) is 5.88. The Morgan fingerprint density at radius 2 is 1.90 bits per heavy atom. The molecule has 0 fully saturated rings. The molecule has 5 heteroatoms. The highest BCUT2D eigenvalue weighted by molar-refractivity contribution is 6.44. The summed E-state index contributed by atoms with van der Waals surface area (Å²) in [6.45, 7) is 1.88. The molecule has 0 aliphatic carbocycles. The van der Waals surface area contributed by atoms with Gasteiger partial charge in [0, 0.05) is 16.8 Å². The molecular formula is C16H13Cl2NO2. The van der Waals surface area contributed by atoms with Crippen molar-refractivity contribution in [1.29, 1.82) is 0 Å². The summed E-state index contributed by atoms with van der Waals surface area (Å²) in [5, 5.41) is 3.29. The number of hydrogen-bond acceptors (Lipinski definition) is 2. The molecule has 0 aromatic heterocycles. The molecule has 2 aromatic rings. The number of methoxy groups -OCH3 is 1. The second kappa shape index (κ2) is 4.93. The van der Waals surface area contributed by atoms with Gasteiger partial charge >= 0.3 is 0 Å². The minimum atomic E-state index is -1.38. The SMILES string of the molecule is COc1ccccc1C1(Cl)C(=O)Nc2ccc(C)c(Cl)c21. The van der Waals surface area contributed by atoms with E-state index in [4.69, 9.17) is 27.9 Å². The summed E-state index contributed by atoms with van der Waals surface area (Å²) in [7, 11) is 1.55. The van der Waals surface area contributed by atoms with Gasteiger partial charge in [-0.05, 0) is 24.6 Å². The standard InChI is InChI=1S/C16H13Cl2NO2/c1-9-7-8-11-13(14(9)17)16(18,15(20)19-11)10-5-3-4-6-12(10)21-2/h3-8H,1-2H3,(H,19,20). The minimum Gasteiger partial charge on any atom is -0.496 e. The van der Waals surface area contributed by atoms with Gasteiger partial charge in [0.25, 0.3) is 5.91 Å². The number of anilines is 1. The Labute approximate surface area is 132 Å². The molecule has 21 heavy (non-hydrogen) atoms. The van der Waals surface area contributed by atoms with Crippen LogP contribution in [-0.4, -0.2) is 13.0 Å². The van der Waals surface area contributed by atoms with Gasteiger partial charge in [-0.1, -0.05) is 47.5 Å². The van der Waals surface area contributed by atoms with Crippen molar-refractivity contribution in [2.45, 2.75) is 11.8 Å². The normalized spacial score (nSPS) is 20.1. The number of aryl methyl sites for hydroxylation is 1. The number of alkyl halides is 1. The highest BCUT2D eigenvalue weighted by Crippen LogP contribution is 2.52. The maximum absolute atomic E-state index is 12.5. The zero-order chi connectivity index (χ0) is 15.2. The Morgan fingerprint density at radius 3 is 2.62 bits per heavy atom. The molecule has 108 valence electrons. The van der Waals surface area contributed by atoms with E-state index in [0.29, 0.717) is 27.6 Å². The smallest absolute Gasteiger partial charge is 0.255 e. The fourth-order valence-corrected chi connectivity index (χ4v) is 3.38. The first-order chi connectivity index (χ1) is 10.00. The fraction of sp³-hybridized carbons (Fsp3) is 0.188. The van der Waals surface area contributed by atoms with Crippen LogP contribution in [0.1, 0.15) is 16.7 Å². The number of nitrogens with one attached hydrogen (secondary N) is 1. The quantitative estimate of drug-likeness (QED) is 0.846. The molecule has 1 unspecified atom stereocenters. The maximum Gasteiger partial charge on any atom is 0.255 e. The third kappa shape index (κ3) is 1.92. The number of halogens is 2. The topological polar surface area (TPSA) is 38.3 Å². The number of amides is 1. The first-order valence-corrected chi connectivity index (χ1v) is 7.19. The monoisotopic (exact) mass is 321 g/mol. The Bertz CT molecular complexity index is 745. The van der Waals surface area contributed by atoms with Gasteiger partial charge in [0.1, 0.15) is 5.75 Å². The third-order valence-electron chi connectivity index (χ3n) is 3.72. The van der Waals surface area contributed by atoms with E-state index in [9.17, 15) is 4.79 Å². The Balaban J connectivity index is 2.33. The second-order valence-electron chi connectivity index (χ2n) is 4.93. The molecule has 3 nitrogen and oxygen atoms in total. The molecule has 2 aromatic carbocycles. The van der Waals surface area contributed by atoms with Gasteiger partial charge in [0.2, 0.25) is 0 Å². The van der Waals surface area contributed by atoms with Crippen LogP contribution < -0.4 is 10.1 Å². The highest BCUT2D eigenvalue weighted by Gasteiger charge is 2.50. The lowest BCUT2D eigenvalue weighted by atomic mass is 9.90. The van der Waals surface area contributed by atoms with Crippen LogP contribution in [0.3, 0.4) is 0 Å². The van der Waals surface area contributed by atoms with Crippen LogP contribution in [-0.2, 0) is 9.67 Å². The number of rotatable bonds is 2. The van der Waals surface area contributed by atoms with Crippen molar-refractivity contribution in [3.8, 4) is 5.75 Å². The molecular weight excluding hydrogens is 309 g/mol. The molecule has 1 atom stereocenters. The van der Waals surface area contributed by atoms with Crippen LogP contribution in [0.2, 0.25) is 5.02 Å². The van der Waals surface area contributed by atoms with Gasteiger partial charge in [-0.3, -0.25) is 4.79 Å². The summed E-state index contributed by atoms with van der Waals surface area (Å²) in [6, 6.07) is 10.9. The van der Waals surface area contributed by atoms with Gasteiger partial charge in [0.05, 0.1) is 12.1 Å². The van der Waals surface area contributed by atoms with E-state index in [1.165, 1.54) is 0 Å². The first-order valence-electron chi connectivity index (χ1n) is 6.43. The van der Waals surface area contributed by atoms with Gasteiger partial charge < -0.3 is 10.1 Å². The largest absolute Gasteiger partial charge is 0.496 e. The fourth-order valence-electron chi connectivity index (χ4n) is 2.63. The molecule has 1 N–H and O–H groups in total. The summed E-state index contributed by atoms with van der Waals surface area (Å²) in [6.07, 6.45) is 0. The van der Waals surface area contributed by atoms with Crippen molar-refractivity contribution in [2.75, 3.05) is 12.4 Å². The zero-order valence-electron chi connectivity index (χ0n) is 11.5. The zero-order valence-corrected chi connectivity index (χ0v) is 13.0. The Kier molecular flexibility index (Phi) is 3.34. The molecule has 3 rings (SSSR count). The van der Waals surface area contributed by atoms with E-state index < -0.39 is 4.87 Å². The number of ether oxygens (including phenoxy) is 1. The molecule has 0 radical (unpaired) electrons. The van der Waals surface area contributed by atoms with Crippen molar-refractivity contribution in [2.24, 2.45) is 0 Å². The Hall–Kier alpha value is -1.71. The highest BCUT2D eigenvalue weighted by atomic mass is 35.5. The van der Waals surface area contributed by atoms with Crippen LogP contribution in [0.5, 0.6) is 5.75 Å². The molecule has 1 heterocycles. The van der Waals surface area contributed by atoms with Gasteiger partial charge in [-0.25, -0.2) is 0 Å². The molecule has 1 aliphatic rings. The van der Waals surface area contributed by atoms with Gasteiger partial charge in [-0.2, -0.15) is 0 Å². The third-order valence-corrected chi connectivity index (χ3v) is 4.77. The number of para-hydroxylation sites is 1. The van der Waals surface area contributed by atoms with Crippen LogP contribution >= 0.6 is 23.2 Å². The number of carbonyl (C=O) groups excluding carboxylic acids is 1. The van der Waals surface area contributed by atoms with E-state index in [1.807, 2.05) is 31.2 Å². The number of carbonyl (C=O) groups is 1. The van der Waals surface area contributed by atoms with E-state index in [2.05, 4.69) is 5.32 Å². The maximum atomic E-state index is 12.5. The summed E-state index contributed by atoms with van der Waals surface area (Å²) < 4.78 is 5.35. The molecule has 1 aliphatic heterocycles. The molecule has 0 saturated heterocycles. The molecule has 1 amide bonds. The summed E-state index contributed by atoms with van der Waals surface area (Å²) >= 11 is 13.2. The van der Waals surface area contributed by atoms with E-state index in [0.717, 1.165) is 5.56 Å². The average Bonchev–Trinajstić information content (AvgIpc) is 2.76. The van der Waals surface area contributed by atoms with Crippen molar-refractivity contribution >= 4 is 34.8 Å². The first kappa shape index (κ1) is 14.2. The Morgan fingerprint density at radius 1 is 1.19 bits per heavy atom. The van der Waals surface area contributed by atoms with E-state index in [-0.39, 0.29) is 5.91 Å².